The number of sulfonamides is 1. The molecule has 1 fully saturated rings. The highest BCUT2D eigenvalue weighted by Gasteiger charge is 2.28. The van der Waals surface area contributed by atoms with Gasteiger partial charge in [0.1, 0.15) is 11.6 Å². The van der Waals surface area contributed by atoms with Gasteiger partial charge >= 0.3 is 0 Å². The van der Waals surface area contributed by atoms with Gasteiger partial charge in [0.2, 0.25) is 10.0 Å². The van der Waals surface area contributed by atoms with E-state index >= 15 is 0 Å². The quantitative estimate of drug-likeness (QED) is 0.887. The predicted molar refractivity (Wildman–Crippen MR) is 68.6 cm³/mol. The maximum Gasteiger partial charge on any atom is 0.240 e. The molecular weight excluding hydrogens is 282 g/mol. The summed E-state index contributed by atoms with van der Waals surface area (Å²) in [5.41, 5.74) is 0.690. The third-order valence-corrected chi connectivity index (χ3v) is 4.82. The normalized spacial score (nSPS) is 15.7. The van der Waals surface area contributed by atoms with E-state index in [-0.39, 0.29) is 16.7 Å². The Bertz CT molecular complexity index is 802. The molecule has 106 valence electrons. The minimum absolute atomic E-state index is 0.0138. The van der Waals surface area contributed by atoms with E-state index in [0.29, 0.717) is 16.5 Å². The van der Waals surface area contributed by atoms with E-state index in [0.717, 1.165) is 12.8 Å². The number of hydrogen-bond acceptors (Lipinski definition) is 5. The standard InChI is InChI=1S/C13H13NO5S/c1-7-10-6-9(20(17,18)14-8-2-3-8)4-5-11(10)19-12(7)13(15)16/h4-6,8,14H,2-3H2,1H3,(H,15,16)/p-1. The van der Waals surface area contributed by atoms with Crippen molar-refractivity contribution in [1.29, 1.82) is 0 Å². The van der Waals surface area contributed by atoms with E-state index in [1.54, 1.807) is 6.92 Å². The highest BCUT2D eigenvalue weighted by atomic mass is 32.2. The van der Waals surface area contributed by atoms with E-state index in [4.69, 9.17) is 4.42 Å². The molecule has 1 heterocycles. The van der Waals surface area contributed by atoms with E-state index in [1.165, 1.54) is 18.2 Å². The van der Waals surface area contributed by atoms with Crippen LogP contribution in [0.2, 0.25) is 0 Å². The summed E-state index contributed by atoms with van der Waals surface area (Å²) < 4.78 is 31.9. The first-order valence-electron chi connectivity index (χ1n) is 6.15. The number of furan rings is 1. The average Bonchev–Trinajstić information content (AvgIpc) is 3.11. The van der Waals surface area contributed by atoms with Crippen molar-refractivity contribution in [3.05, 3.63) is 29.5 Å². The van der Waals surface area contributed by atoms with Crippen molar-refractivity contribution in [1.82, 2.24) is 4.72 Å². The Morgan fingerprint density at radius 2 is 2.10 bits per heavy atom. The van der Waals surface area contributed by atoms with Crippen LogP contribution >= 0.6 is 0 Å². The third-order valence-electron chi connectivity index (χ3n) is 3.30. The third kappa shape index (κ3) is 2.19. The fraction of sp³-hybridized carbons (Fsp3) is 0.308. The molecule has 0 saturated heterocycles. The molecule has 6 nitrogen and oxygen atoms in total. The number of benzene rings is 1. The second-order valence-corrected chi connectivity index (χ2v) is 6.61. The Kier molecular flexibility index (Phi) is 2.84. The van der Waals surface area contributed by atoms with Gasteiger partial charge in [0, 0.05) is 17.0 Å². The molecule has 0 atom stereocenters. The molecule has 2 aromatic rings. The van der Waals surface area contributed by atoms with Crippen LogP contribution in [0.5, 0.6) is 0 Å². The number of carboxylic acids is 1. The largest absolute Gasteiger partial charge is 0.542 e. The van der Waals surface area contributed by atoms with Gasteiger partial charge in [-0.05, 0) is 38.0 Å². The summed E-state index contributed by atoms with van der Waals surface area (Å²) in [5.74, 6) is -1.69. The number of rotatable bonds is 4. The molecule has 1 aromatic heterocycles. The Labute approximate surface area is 115 Å². The molecule has 20 heavy (non-hydrogen) atoms. The van der Waals surface area contributed by atoms with Gasteiger partial charge in [0.05, 0.1) is 4.90 Å². The summed E-state index contributed by atoms with van der Waals surface area (Å²) in [5, 5.41) is 11.4. The Hall–Kier alpha value is -1.86. The van der Waals surface area contributed by atoms with Gasteiger partial charge in [0.25, 0.3) is 0 Å². The predicted octanol–water partition coefficient (Wildman–Crippen LogP) is 0.545. The van der Waals surface area contributed by atoms with Gasteiger partial charge in [-0.1, -0.05) is 0 Å². The molecular formula is C13H12NO5S-. The van der Waals surface area contributed by atoms with Crippen molar-refractivity contribution >= 4 is 27.0 Å². The monoisotopic (exact) mass is 294 g/mol. The summed E-state index contributed by atoms with van der Waals surface area (Å²) in [4.78, 5) is 11.0. The topological polar surface area (TPSA) is 99.4 Å². The molecule has 0 amide bonds. The minimum Gasteiger partial charge on any atom is -0.542 e. The molecule has 1 aliphatic carbocycles. The van der Waals surface area contributed by atoms with E-state index in [1.807, 2.05) is 0 Å². The van der Waals surface area contributed by atoms with E-state index < -0.39 is 16.0 Å². The number of carbonyl (C=O) groups excluding carboxylic acids is 1. The van der Waals surface area contributed by atoms with Crippen molar-refractivity contribution in [2.45, 2.75) is 30.7 Å². The van der Waals surface area contributed by atoms with Crippen molar-refractivity contribution in [3.63, 3.8) is 0 Å². The van der Waals surface area contributed by atoms with Gasteiger partial charge in [0.15, 0.2) is 5.76 Å². The van der Waals surface area contributed by atoms with Crippen LogP contribution < -0.4 is 9.83 Å². The molecule has 0 unspecified atom stereocenters. The van der Waals surface area contributed by atoms with Crippen molar-refractivity contribution in [2.75, 3.05) is 0 Å². The first-order chi connectivity index (χ1) is 9.38. The molecule has 1 aromatic carbocycles. The van der Waals surface area contributed by atoms with Gasteiger partial charge < -0.3 is 14.3 Å². The summed E-state index contributed by atoms with van der Waals surface area (Å²) in [7, 11) is -3.57. The zero-order valence-electron chi connectivity index (χ0n) is 10.7. The van der Waals surface area contributed by atoms with Gasteiger partial charge in [-0.2, -0.15) is 0 Å². The van der Waals surface area contributed by atoms with Crippen molar-refractivity contribution in [2.24, 2.45) is 0 Å². The maximum atomic E-state index is 12.1. The molecule has 7 heteroatoms. The molecule has 0 spiro atoms. The minimum atomic E-state index is -3.57. The lowest BCUT2D eigenvalue weighted by Gasteiger charge is -2.05. The van der Waals surface area contributed by atoms with E-state index in [9.17, 15) is 18.3 Å². The Morgan fingerprint density at radius 1 is 1.40 bits per heavy atom. The van der Waals surface area contributed by atoms with Crippen LogP contribution in [0.4, 0.5) is 0 Å². The maximum absolute atomic E-state index is 12.1. The zero-order valence-corrected chi connectivity index (χ0v) is 11.5. The molecule has 1 N–H and O–H groups in total. The molecule has 1 saturated carbocycles. The number of nitrogens with one attached hydrogen (secondary N) is 1. The number of fused-ring (bicyclic) bond motifs is 1. The molecule has 0 aliphatic heterocycles. The van der Waals surface area contributed by atoms with Gasteiger partial charge in [-0.15, -0.1) is 0 Å². The first kappa shape index (κ1) is 13.1. The average molecular weight is 294 g/mol. The molecule has 0 radical (unpaired) electrons. The molecule has 0 bridgehead atoms. The number of aromatic carboxylic acids is 1. The fourth-order valence-electron chi connectivity index (χ4n) is 2.05. The Morgan fingerprint density at radius 3 is 2.70 bits per heavy atom. The summed E-state index contributed by atoms with van der Waals surface area (Å²) in [6.45, 7) is 1.56. The number of carboxylic acid groups (broad SMARTS) is 1. The van der Waals surface area contributed by atoms with Crippen LogP contribution in [-0.4, -0.2) is 20.4 Å². The summed E-state index contributed by atoms with van der Waals surface area (Å²) >= 11 is 0. The SMILES string of the molecule is Cc1c(C(=O)[O-])oc2ccc(S(=O)(=O)NC3CC3)cc12. The number of carbonyl (C=O) groups is 1. The molecule has 3 rings (SSSR count). The van der Waals surface area contributed by atoms with Crippen molar-refractivity contribution in [3.8, 4) is 0 Å². The van der Waals surface area contributed by atoms with Crippen LogP contribution in [0.15, 0.2) is 27.5 Å². The number of aryl methyl sites for hydroxylation is 1. The van der Waals surface area contributed by atoms with Crippen LogP contribution in [0.1, 0.15) is 29.0 Å². The lowest BCUT2D eigenvalue weighted by molar-refractivity contribution is -0.257. The van der Waals surface area contributed by atoms with Crippen molar-refractivity contribution < 1.29 is 22.7 Å². The second-order valence-electron chi connectivity index (χ2n) is 4.90. The number of hydrogen-bond donors (Lipinski definition) is 1. The zero-order chi connectivity index (χ0) is 14.5. The Balaban J connectivity index is 2.10. The van der Waals surface area contributed by atoms with Crippen LogP contribution in [0, 0.1) is 6.92 Å². The highest BCUT2D eigenvalue weighted by molar-refractivity contribution is 7.89. The first-order valence-corrected chi connectivity index (χ1v) is 7.63. The highest BCUT2D eigenvalue weighted by Crippen LogP contribution is 2.28. The van der Waals surface area contributed by atoms with Crippen LogP contribution in [-0.2, 0) is 10.0 Å². The van der Waals surface area contributed by atoms with Gasteiger partial charge in [-0.3, -0.25) is 0 Å². The van der Waals surface area contributed by atoms with Gasteiger partial charge in [-0.25, -0.2) is 13.1 Å². The lowest BCUT2D eigenvalue weighted by atomic mass is 10.1. The fourth-order valence-corrected chi connectivity index (χ4v) is 3.38. The second kappa shape index (κ2) is 4.32. The van der Waals surface area contributed by atoms with E-state index in [2.05, 4.69) is 4.72 Å². The van der Waals surface area contributed by atoms with Crippen LogP contribution in [0.25, 0.3) is 11.0 Å². The van der Waals surface area contributed by atoms with Crippen LogP contribution in [0.3, 0.4) is 0 Å². The lowest BCUT2D eigenvalue weighted by Crippen LogP contribution is -2.25. The molecule has 1 aliphatic rings. The summed E-state index contributed by atoms with van der Waals surface area (Å²) in [6.07, 6.45) is 1.70. The smallest absolute Gasteiger partial charge is 0.240 e. The summed E-state index contributed by atoms with van der Waals surface area (Å²) in [6, 6.07) is 4.29.